The van der Waals surface area contributed by atoms with Crippen molar-refractivity contribution in [2.75, 3.05) is 19.6 Å². The van der Waals surface area contributed by atoms with Crippen molar-refractivity contribution >= 4 is 34.6 Å². The van der Waals surface area contributed by atoms with Gasteiger partial charge >= 0.3 is 12.1 Å². The van der Waals surface area contributed by atoms with Gasteiger partial charge in [-0.2, -0.15) is 13.2 Å². The van der Waals surface area contributed by atoms with Gasteiger partial charge in [-0.3, -0.25) is 9.69 Å². The smallest absolute Gasteiger partial charge is 0.475 e. The van der Waals surface area contributed by atoms with Crippen LogP contribution in [0.5, 0.6) is 0 Å². The number of carboxylic acids is 1. The number of carbonyl (C=O) groups is 2. The number of carboxylic acid groups (broad SMARTS) is 1. The molecule has 0 saturated carbocycles. The molecule has 1 unspecified atom stereocenters. The summed E-state index contributed by atoms with van der Waals surface area (Å²) >= 11 is 3.54. The Kier molecular flexibility index (Phi) is 7.07. The Balaban J connectivity index is 0.000000339. The molecule has 2 aliphatic heterocycles. The Bertz CT molecular complexity index is 943. The fraction of sp³-hybridized carbons (Fsp3) is 0.550. The van der Waals surface area contributed by atoms with E-state index in [9.17, 15) is 18.0 Å². The van der Waals surface area contributed by atoms with Crippen molar-refractivity contribution in [2.45, 2.75) is 46.0 Å². The Hall–Kier alpha value is -1.98. The third-order valence-electron chi connectivity index (χ3n) is 5.36. The van der Waals surface area contributed by atoms with Crippen LogP contribution in [-0.4, -0.2) is 57.6 Å². The number of alkyl halides is 3. The van der Waals surface area contributed by atoms with Crippen LogP contribution in [0.25, 0.3) is 0 Å². The monoisotopic (exact) mass is 475 g/mol. The van der Waals surface area contributed by atoms with Crippen molar-refractivity contribution in [2.24, 2.45) is 5.41 Å². The normalized spacial score (nSPS) is 21.6. The van der Waals surface area contributed by atoms with Crippen LogP contribution in [-0.2, 0) is 22.7 Å². The number of rotatable bonds is 4. The van der Waals surface area contributed by atoms with E-state index in [0.717, 1.165) is 43.3 Å². The molecule has 2 saturated heterocycles. The molecule has 31 heavy (non-hydrogen) atoms. The van der Waals surface area contributed by atoms with Crippen molar-refractivity contribution in [1.82, 2.24) is 14.8 Å². The minimum absolute atomic E-state index is 0.161. The van der Waals surface area contributed by atoms with Gasteiger partial charge in [0.2, 0.25) is 5.91 Å². The van der Waals surface area contributed by atoms with E-state index in [1.165, 1.54) is 9.75 Å². The molecule has 1 N–H and O–H groups in total. The quantitative estimate of drug-likeness (QED) is 0.722. The summed E-state index contributed by atoms with van der Waals surface area (Å²) in [6.07, 6.45) is -3.24. The number of aliphatic carboxylic acids is 1. The number of carbonyl (C=O) groups excluding carboxylic acids is 1. The largest absolute Gasteiger partial charge is 0.490 e. The van der Waals surface area contributed by atoms with E-state index in [1.807, 2.05) is 23.2 Å². The van der Waals surface area contributed by atoms with Gasteiger partial charge in [-0.05, 0) is 38.9 Å². The van der Waals surface area contributed by atoms with E-state index in [0.29, 0.717) is 18.9 Å². The summed E-state index contributed by atoms with van der Waals surface area (Å²) in [6, 6.07) is 4.43. The van der Waals surface area contributed by atoms with Crippen LogP contribution in [0.1, 0.15) is 33.3 Å². The first-order valence-electron chi connectivity index (χ1n) is 9.72. The molecular weight excluding hydrogens is 451 g/mol. The standard InChI is InChI=1S/C18H23N3OS2.C2HF3O2/c1-13-3-4-16(24-13)9-20-6-5-18(11-20)7-17(22)21(12-18)8-15-10-23-14(2)19-15;3-2(4,5)1(6)7/h3-4,10H,5-9,11-12H2,1-2H3;(H,6,7). The van der Waals surface area contributed by atoms with Crippen LogP contribution >= 0.6 is 22.7 Å². The zero-order chi connectivity index (χ0) is 22.8. The highest BCUT2D eigenvalue weighted by Crippen LogP contribution is 2.41. The van der Waals surface area contributed by atoms with Gasteiger partial charge in [0.1, 0.15) is 0 Å². The summed E-state index contributed by atoms with van der Waals surface area (Å²) in [7, 11) is 0. The number of hydrogen-bond acceptors (Lipinski definition) is 6. The fourth-order valence-electron chi connectivity index (χ4n) is 4.03. The number of aromatic nitrogens is 1. The van der Waals surface area contributed by atoms with Crippen LogP contribution in [0, 0.1) is 19.3 Å². The molecule has 2 aliphatic rings. The van der Waals surface area contributed by atoms with E-state index in [2.05, 4.69) is 34.3 Å². The average molecular weight is 476 g/mol. The molecule has 1 atom stereocenters. The lowest BCUT2D eigenvalue weighted by Gasteiger charge is -2.24. The Labute approximate surface area is 186 Å². The zero-order valence-corrected chi connectivity index (χ0v) is 18.9. The van der Waals surface area contributed by atoms with E-state index in [1.54, 1.807) is 11.3 Å². The van der Waals surface area contributed by atoms with Gasteiger partial charge in [-0.15, -0.1) is 22.7 Å². The van der Waals surface area contributed by atoms with Crippen molar-refractivity contribution in [1.29, 1.82) is 0 Å². The third kappa shape index (κ3) is 6.27. The first-order chi connectivity index (χ1) is 14.5. The van der Waals surface area contributed by atoms with Crippen LogP contribution in [0.2, 0.25) is 0 Å². The summed E-state index contributed by atoms with van der Waals surface area (Å²) < 4.78 is 31.7. The molecule has 170 valence electrons. The van der Waals surface area contributed by atoms with Crippen molar-refractivity contribution in [3.63, 3.8) is 0 Å². The number of hydrogen-bond donors (Lipinski definition) is 1. The topological polar surface area (TPSA) is 73.7 Å². The summed E-state index contributed by atoms with van der Waals surface area (Å²) in [5.41, 5.74) is 1.20. The average Bonchev–Trinajstić information content (AvgIpc) is 3.41. The molecule has 4 rings (SSSR count). The third-order valence-corrected chi connectivity index (χ3v) is 7.17. The first-order valence-corrected chi connectivity index (χ1v) is 11.4. The lowest BCUT2D eigenvalue weighted by atomic mass is 9.86. The van der Waals surface area contributed by atoms with Crippen LogP contribution in [0.3, 0.4) is 0 Å². The summed E-state index contributed by atoms with van der Waals surface area (Å²) in [6.45, 7) is 8.92. The first kappa shape index (κ1) is 23.7. The molecule has 0 bridgehead atoms. The van der Waals surface area contributed by atoms with Gasteiger partial charge < -0.3 is 10.0 Å². The second kappa shape index (κ2) is 9.25. The maximum absolute atomic E-state index is 12.5. The van der Waals surface area contributed by atoms with Gasteiger partial charge in [0.15, 0.2) is 0 Å². The lowest BCUT2D eigenvalue weighted by molar-refractivity contribution is -0.192. The van der Waals surface area contributed by atoms with E-state index in [4.69, 9.17) is 9.90 Å². The Morgan fingerprint density at radius 1 is 1.26 bits per heavy atom. The van der Waals surface area contributed by atoms with Gasteiger partial charge in [0, 0.05) is 46.6 Å². The highest BCUT2D eigenvalue weighted by Gasteiger charge is 2.47. The molecular formula is C20H24F3N3O3S2. The predicted octanol–water partition coefficient (Wildman–Crippen LogP) is 4.08. The van der Waals surface area contributed by atoms with E-state index in [-0.39, 0.29) is 5.41 Å². The number of likely N-dealkylation sites (tertiary alicyclic amines) is 2. The molecule has 4 heterocycles. The summed E-state index contributed by atoms with van der Waals surface area (Å²) in [4.78, 5) is 33.3. The highest BCUT2D eigenvalue weighted by atomic mass is 32.1. The Morgan fingerprint density at radius 2 is 1.97 bits per heavy atom. The second-order valence-electron chi connectivity index (χ2n) is 8.06. The number of halogens is 3. The number of thiazole rings is 1. The van der Waals surface area contributed by atoms with Crippen molar-refractivity contribution in [3.8, 4) is 0 Å². The fourth-order valence-corrected chi connectivity index (χ4v) is 5.57. The summed E-state index contributed by atoms with van der Waals surface area (Å²) in [5, 5.41) is 10.3. The number of thiophene rings is 1. The van der Waals surface area contributed by atoms with Crippen LogP contribution in [0.15, 0.2) is 17.5 Å². The van der Waals surface area contributed by atoms with Crippen LogP contribution < -0.4 is 0 Å². The minimum Gasteiger partial charge on any atom is -0.475 e. The lowest BCUT2D eigenvalue weighted by Crippen LogP contribution is -2.31. The zero-order valence-electron chi connectivity index (χ0n) is 17.2. The molecule has 1 spiro atoms. The van der Waals surface area contributed by atoms with Crippen molar-refractivity contribution < 1.29 is 27.9 Å². The highest BCUT2D eigenvalue weighted by molar-refractivity contribution is 7.11. The van der Waals surface area contributed by atoms with E-state index < -0.39 is 12.1 Å². The van der Waals surface area contributed by atoms with Gasteiger partial charge in [-0.1, -0.05) is 0 Å². The maximum Gasteiger partial charge on any atom is 0.490 e. The van der Waals surface area contributed by atoms with Crippen LogP contribution in [0.4, 0.5) is 13.2 Å². The molecule has 2 fully saturated rings. The van der Waals surface area contributed by atoms with Gasteiger partial charge in [-0.25, -0.2) is 9.78 Å². The number of aryl methyl sites for hydroxylation is 2. The SMILES string of the molecule is Cc1ccc(CN2CCC3(CC(=O)N(Cc4csc(C)n4)C3)C2)s1.O=C(O)C(F)(F)F. The molecule has 6 nitrogen and oxygen atoms in total. The van der Waals surface area contributed by atoms with Crippen molar-refractivity contribution in [3.05, 3.63) is 38.0 Å². The minimum atomic E-state index is -5.08. The molecule has 0 radical (unpaired) electrons. The predicted molar refractivity (Wildman–Crippen MR) is 112 cm³/mol. The Morgan fingerprint density at radius 3 is 2.52 bits per heavy atom. The molecule has 0 aromatic carbocycles. The van der Waals surface area contributed by atoms with Gasteiger partial charge in [0.05, 0.1) is 17.2 Å². The maximum atomic E-state index is 12.5. The number of amides is 1. The molecule has 0 aliphatic carbocycles. The molecule has 11 heteroatoms. The number of nitrogens with zero attached hydrogens (tertiary/aromatic N) is 3. The summed E-state index contributed by atoms with van der Waals surface area (Å²) in [5.74, 6) is -2.46. The van der Waals surface area contributed by atoms with Gasteiger partial charge in [0.25, 0.3) is 0 Å². The van der Waals surface area contributed by atoms with E-state index >= 15 is 0 Å². The second-order valence-corrected chi connectivity index (χ2v) is 10.5. The molecule has 1 amide bonds. The molecule has 2 aromatic heterocycles. The molecule has 2 aromatic rings.